The Hall–Kier alpha value is -0.690. The second-order valence-corrected chi connectivity index (χ2v) is 4.44. The zero-order chi connectivity index (χ0) is 15.1. The molecule has 0 aromatic rings. The summed E-state index contributed by atoms with van der Waals surface area (Å²) in [5, 5.41) is 0. The molecule has 0 N–H and O–H groups in total. The molecule has 0 fully saturated rings. The number of carbonyl (C=O) groups is 1. The minimum Gasteiger partial charge on any atom is -0.467 e. The molecule has 0 bridgehead atoms. The number of carbonyl (C=O) groups excluding carboxylic acids is 1. The van der Waals surface area contributed by atoms with E-state index in [9.17, 15) is 4.79 Å². The summed E-state index contributed by atoms with van der Waals surface area (Å²) in [4.78, 5) is 10.7. The van der Waals surface area contributed by atoms with Crippen molar-refractivity contribution >= 4 is 5.97 Å². The van der Waals surface area contributed by atoms with E-state index in [4.69, 9.17) is 18.9 Å². The molecule has 6 heteroatoms. The maximum atomic E-state index is 10.7. The van der Waals surface area contributed by atoms with Gasteiger partial charge in [0.25, 0.3) is 0 Å². The molecule has 0 amide bonds. The van der Waals surface area contributed by atoms with E-state index >= 15 is 0 Å². The smallest absolute Gasteiger partial charge is 0.331 e. The summed E-state index contributed by atoms with van der Waals surface area (Å²) in [5.74, 6) is 0.217. The number of hydrogen-bond acceptors (Lipinski definition) is 6. The maximum Gasteiger partial charge on any atom is 0.331 e. The van der Waals surface area contributed by atoms with Gasteiger partial charge < -0.3 is 23.7 Å². The fraction of sp³-hybridized carbons (Fsp3) is 0.929. The Morgan fingerprint density at radius 1 is 0.900 bits per heavy atom. The van der Waals surface area contributed by atoms with Crippen LogP contribution in [-0.4, -0.2) is 65.9 Å². The second kappa shape index (κ2) is 14.7. The van der Waals surface area contributed by atoms with Crippen molar-refractivity contribution in [3.05, 3.63) is 0 Å². The number of hydrogen-bond donors (Lipinski definition) is 0. The second-order valence-electron chi connectivity index (χ2n) is 4.44. The van der Waals surface area contributed by atoms with Gasteiger partial charge in [-0.05, 0) is 5.92 Å². The number of rotatable bonds is 14. The molecule has 0 aromatic heterocycles. The van der Waals surface area contributed by atoms with Crippen LogP contribution in [0.2, 0.25) is 0 Å². The van der Waals surface area contributed by atoms with Crippen LogP contribution in [0.4, 0.5) is 0 Å². The molecule has 0 spiro atoms. The maximum absolute atomic E-state index is 10.7. The minimum atomic E-state index is -0.384. The molecular formula is C14H28O6. The van der Waals surface area contributed by atoms with Crippen LogP contribution in [0.25, 0.3) is 0 Å². The van der Waals surface area contributed by atoms with Gasteiger partial charge in [-0.25, -0.2) is 4.79 Å². The van der Waals surface area contributed by atoms with E-state index in [2.05, 4.69) is 18.6 Å². The Morgan fingerprint density at radius 3 is 1.90 bits per heavy atom. The Morgan fingerprint density at radius 2 is 1.40 bits per heavy atom. The van der Waals surface area contributed by atoms with Crippen molar-refractivity contribution in [2.24, 2.45) is 5.92 Å². The molecule has 0 saturated carbocycles. The lowest BCUT2D eigenvalue weighted by Crippen LogP contribution is -2.15. The van der Waals surface area contributed by atoms with Gasteiger partial charge in [0, 0.05) is 6.61 Å². The summed E-state index contributed by atoms with van der Waals surface area (Å²) < 4.78 is 25.5. The van der Waals surface area contributed by atoms with Crippen LogP contribution in [0.15, 0.2) is 0 Å². The third-order valence-electron chi connectivity index (χ3n) is 2.66. The fourth-order valence-electron chi connectivity index (χ4n) is 1.17. The normalized spacial score (nSPS) is 12.3. The van der Waals surface area contributed by atoms with Gasteiger partial charge in [0.2, 0.25) is 0 Å². The summed E-state index contributed by atoms with van der Waals surface area (Å²) in [7, 11) is 1.33. The lowest BCUT2D eigenvalue weighted by molar-refractivity contribution is -0.146. The SMILES string of the molecule is CCC(C)COCCOCCOCCOCC(=O)OC. The summed E-state index contributed by atoms with van der Waals surface area (Å²) in [6.45, 7) is 8.10. The average molecular weight is 292 g/mol. The van der Waals surface area contributed by atoms with Gasteiger partial charge in [0.15, 0.2) is 0 Å². The molecule has 0 aromatic carbocycles. The first-order chi connectivity index (χ1) is 9.70. The van der Waals surface area contributed by atoms with Gasteiger partial charge in [0.1, 0.15) is 6.61 Å². The molecule has 0 aliphatic carbocycles. The first kappa shape index (κ1) is 19.3. The molecule has 1 atom stereocenters. The molecule has 120 valence electrons. The van der Waals surface area contributed by atoms with E-state index < -0.39 is 0 Å². The lowest BCUT2D eigenvalue weighted by Gasteiger charge is -2.10. The summed E-state index contributed by atoms with van der Waals surface area (Å²) >= 11 is 0. The highest BCUT2D eigenvalue weighted by molar-refractivity contribution is 5.70. The molecule has 0 heterocycles. The standard InChI is InChI=1S/C14H28O6/c1-4-13(2)11-19-9-7-17-5-6-18-8-10-20-12-14(15)16-3/h13H,4-12H2,1-3H3. The highest BCUT2D eigenvalue weighted by Crippen LogP contribution is 1.99. The van der Waals surface area contributed by atoms with Crippen LogP contribution in [-0.2, 0) is 28.5 Å². The molecule has 0 rings (SSSR count). The lowest BCUT2D eigenvalue weighted by atomic mass is 10.1. The Labute approximate surface area is 121 Å². The van der Waals surface area contributed by atoms with Gasteiger partial charge in [-0.3, -0.25) is 0 Å². The average Bonchev–Trinajstić information content (AvgIpc) is 2.47. The first-order valence-electron chi connectivity index (χ1n) is 7.08. The topological polar surface area (TPSA) is 63.2 Å². The van der Waals surface area contributed by atoms with E-state index in [1.54, 1.807) is 0 Å². The minimum absolute atomic E-state index is 0.0378. The molecule has 6 nitrogen and oxygen atoms in total. The highest BCUT2D eigenvalue weighted by atomic mass is 16.6. The number of ether oxygens (including phenoxy) is 5. The van der Waals surface area contributed by atoms with Crippen molar-refractivity contribution < 1.29 is 28.5 Å². The quantitative estimate of drug-likeness (QED) is 0.355. The molecule has 0 aliphatic rings. The van der Waals surface area contributed by atoms with Crippen molar-refractivity contribution in [1.29, 1.82) is 0 Å². The van der Waals surface area contributed by atoms with E-state index in [-0.39, 0.29) is 12.6 Å². The predicted octanol–water partition coefficient (Wildman–Crippen LogP) is 1.27. The van der Waals surface area contributed by atoms with Crippen LogP contribution in [0, 0.1) is 5.92 Å². The van der Waals surface area contributed by atoms with E-state index in [0.717, 1.165) is 13.0 Å². The number of methoxy groups -OCH3 is 1. The van der Waals surface area contributed by atoms with Crippen LogP contribution in [0.1, 0.15) is 20.3 Å². The monoisotopic (exact) mass is 292 g/mol. The predicted molar refractivity (Wildman–Crippen MR) is 74.7 cm³/mol. The van der Waals surface area contributed by atoms with Crippen LogP contribution in [0.5, 0.6) is 0 Å². The first-order valence-corrected chi connectivity index (χ1v) is 7.08. The Bertz CT molecular complexity index is 222. The largest absolute Gasteiger partial charge is 0.467 e. The van der Waals surface area contributed by atoms with Crippen LogP contribution in [0.3, 0.4) is 0 Å². The van der Waals surface area contributed by atoms with E-state index in [0.29, 0.717) is 45.6 Å². The van der Waals surface area contributed by atoms with E-state index in [1.807, 2.05) is 0 Å². The molecule has 20 heavy (non-hydrogen) atoms. The van der Waals surface area contributed by atoms with Crippen molar-refractivity contribution in [3.63, 3.8) is 0 Å². The molecule has 0 aliphatic heterocycles. The molecular weight excluding hydrogens is 264 g/mol. The van der Waals surface area contributed by atoms with Crippen LogP contribution < -0.4 is 0 Å². The van der Waals surface area contributed by atoms with Gasteiger partial charge in [-0.2, -0.15) is 0 Å². The third kappa shape index (κ3) is 13.7. The summed E-state index contributed by atoms with van der Waals surface area (Å²) in [5.41, 5.74) is 0. The fourth-order valence-corrected chi connectivity index (χ4v) is 1.17. The van der Waals surface area contributed by atoms with Crippen molar-refractivity contribution in [2.75, 3.05) is 60.0 Å². The summed E-state index contributed by atoms with van der Waals surface area (Å²) in [6, 6.07) is 0. The zero-order valence-corrected chi connectivity index (χ0v) is 12.9. The zero-order valence-electron chi connectivity index (χ0n) is 12.9. The van der Waals surface area contributed by atoms with Crippen molar-refractivity contribution in [1.82, 2.24) is 0 Å². The molecule has 0 radical (unpaired) electrons. The third-order valence-corrected chi connectivity index (χ3v) is 2.66. The van der Waals surface area contributed by atoms with Crippen molar-refractivity contribution in [2.45, 2.75) is 20.3 Å². The molecule has 1 unspecified atom stereocenters. The van der Waals surface area contributed by atoms with Gasteiger partial charge in [0.05, 0.1) is 46.8 Å². The van der Waals surface area contributed by atoms with Crippen LogP contribution >= 0.6 is 0 Å². The Kier molecular flexibility index (Phi) is 14.2. The van der Waals surface area contributed by atoms with Crippen molar-refractivity contribution in [3.8, 4) is 0 Å². The molecule has 0 saturated heterocycles. The van der Waals surface area contributed by atoms with E-state index in [1.165, 1.54) is 7.11 Å². The van der Waals surface area contributed by atoms with Gasteiger partial charge >= 0.3 is 5.97 Å². The summed E-state index contributed by atoms with van der Waals surface area (Å²) in [6.07, 6.45) is 1.13. The van der Waals surface area contributed by atoms with Gasteiger partial charge in [-0.15, -0.1) is 0 Å². The highest BCUT2D eigenvalue weighted by Gasteiger charge is 1.99. The number of esters is 1. The van der Waals surface area contributed by atoms with Gasteiger partial charge in [-0.1, -0.05) is 20.3 Å². The Balaban J connectivity index is 3.04.